The molecule has 0 aliphatic carbocycles. The van der Waals surface area contributed by atoms with Crippen LogP contribution in [0.5, 0.6) is 0 Å². The van der Waals surface area contributed by atoms with Gasteiger partial charge < -0.3 is 30.6 Å². The number of nitrogens with zero attached hydrogens (tertiary/aromatic N) is 2. The van der Waals surface area contributed by atoms with Gasteiger partial charge in [0.05, 0.1) is 13.2 Å². The lowest BCUT2D eigenvalue weighted by atomic mass is 10.1. The number of benzene rings is 2. The van der Waals surface area contributed by atoms with Gasteiger partial charge in [-0.15, -0.1) is 0 Å². The van der Waals surface area contributed by atoms with E-state index in [9.17, 15) is 9.59 Å². The number of hydrogen-bond acceptors (Lipinski definition) is 5. The topological polar surface area (TPSA) is 105 Å². The van der Waals surface area contributed by atoms with Crippen LogP contribution in [0.1, 0.15) is 17.3 Å². The zero-order valence-corrected chi connectivity index (χ0v) is 16.8. The largest absolute Gasteiger partial charge is 0.395 e. The number of nitrogens with one attached hydrogen (secondary N) is 2. The molecule has 4 N–H and O–H groups in total. The van der Waals surface area contributed by atoms with Gasteiger partial charge in [-0.05, 0) is 55.5 Å². The summed E-state index contributed by atoms with van der Waals surface area (Å²) in [6, 6.07) is 14.3. The smallest absolute Gasteiger partial charge is 0.319 e. The van der Waals surface area contributed by atoms with Crippen LogP contribution in [0.25, 0.3) is 0 Å². The van der Waals surface area contributed by atoms with Crippen LogP contribution in [0.2, 0.25) is 0 Å². The summed E-state index contributed by atoms with van der Waals surface area (Å²) in [7, 11) is 1.91. The number of carbonyl (C=O) groups is 2. The van der Waals surface area contributed by atoms with E-state index < -0.39 is 0 Å². The first-order valence-electron chi connectivity index (χ1n) is 9.49. The molecule has 0 saturated heterocycles. The summed E-state index contributed by atoms with van der Waals surface area (Å²) in [6.07, 6.45) is 0. The van der Waals surface area contributed by atoms with E-state index in [2.05, 4.69) is 10.6 Å². The summed E-state index contributed by atoms with van der Waals surface area (Å²) in [4.78, 5) is 27.5. The minimum absolute atomic E-state index is 0.155. The van der Waals surface area contributed by atoms with Gasteiger partial charge in [0, 0.05) is 49.3 Å². The lowest BCUT2D eigenvalue weighted by Gasteiger charge is -2.22. The summed E-state index contributed by atoms with van der Waals surface area (Å²) in [5, 5.41) is 23.6. The Morgan fingerprint density at radius 2 is 1.41 bits per heavy atom. The van der Waals surface area contributed by atoms with Gasteiger partial charge in [-0.3, -0.25) is 4.79 Å². The molecule has 2 aromatic rings. The van der Waals surface area contributed by atoms with E-state index in [0.29, 0.717) is 17.8 Å². The van der Waals surface area contributed by atoms with Gasteiger partial charge in [0.1, 0.15) is 0 Å². The molecule has 0 atom stereocenters. The predicted octanol–water partition coefficient (Wildman–Crippen LogP) is 2.02. The second-order valence-electron chi connectivity index (χ2n) is 6.38. The number of carbonyl (C=O) groups excluding carboxylic acids is 2. The van der Waals surface area contributed by atoms with Gasteiger partial charge >= 0.3 is 6.03 Å². The van der Waals surface area contributed by atoms with Crippen molar-refractivity contribution in [2.75, 3.05) is 50.1 Å². The Labute approximate surface area is 170 Å². The van der Waals surface area contributed by atoms with E-state index in [0.717, 1.165) is 11.4 Å². The Morgan fingerprint density at radius 1 is 0.897 bits per heavy atom. The maximum atomic E-state index is 12.5. The van der Waals surface area contributed by atoms with Crippen molar-refractivity contribution in [3.05, 3.63) is 54.1 Å². The van der Waals surface area contributed by atoms with Crippen LogP contribution in [0.3, 0.4) is 0 Å². The lowest BCUT2D eigenvalue weighted by Crippen LogP contribution is -2.35. The average Bonchev–Trinajstić information content (AvgIpc) is 2.73. The third-order valence-electron chi connectivity index (χ3n) is 4.38. The molecule has 0 aliphatic rings. The van der Waals surface area contributed by atoms with Gasteiger partial charge in [0.25, 0.3) is 5.91 Å². The van der Waals surface area contributed by atoms with E-state index in [1.54, 1.807) is 12.1 Å². The van der Waals surface area contributed by atoms with Crippen molar-refractivity contribution >= 4 is 29.0 Å². The molecule has 0 heterocycles. The highest BCUT2D eigenvalue weighted by Gasteiger charge is 2.15. The summed E-state index contributed by atoms with van der Waals surface area (Å²) < 4.78 is 0. The fraction of sp³-hybridized carbons (Fsp3) is 0.333. The fourth-order valence-corrected chi connectivity index (χ4v) is 2.82. The van der Waals surface area contributed by atoms with Crippen LogP contribution in [-0.4, -0.2) is 66.9 Å². The minimum atomic E-state index is -0.245. The Morgan fingerprint density at radius 3 is 1.90 bits per heavy atom. The van der Waals surface area contributed by atoms with Crippen molar-refractivity contribution in [3.8, 4) is 0 Å². The first-order chi connectivity index (χ1) is 14.0. The molecule has 0 aromatic heterocycles. The molecule has 0 bridgehead atoms. The molecular weight excluding hydrogens is 372 g/mol. The standard InChI is InChI=1S/C21H28N4O4/c1-3-22-21(29)23-17-6-10-19(11-7-17)24(2)18-8-4-16(5-9-18)20(28)25(12-14-26)13-15-27/h4-11,26-27H,3,12-15H2,1-2H3,(H2,22,23,29). The normalized spacial score (nSPS) is 10.3. The third kappa shape index (κ3) is 6.20. The quantitative estimate of drug-likeness (QED) is 0.515. The molecule has 8 nitrogen and oxygen atoms in total. The highest BCUT2D eigenvalue weighted by atomic mass is 16.3. The first kappa shape index (κ1) is 22.2. The van der Waals surface area contributed by atoms with Crippen molar-refractivity contribution in [1.82, 2.24) is 10.2 Å². The number of aliphatic hydroxyl groups excluding tert-OH is 2. The lowest BCUT2D eigenvalue weighted by molar-refractivity contribution is 0.0685. The number of anilines is 3. The molecule has 0 aliphatic heterocycles. The summed E-state index contributed by atoms with van der Waals surface area (Å²) in [5.74, 6) is -0.233. The molecule has 0 radical (unpaired) electrons. The van der Waals surface area contributed by atoms with Crippen molar-refractivity contribution in [3.63, 3.8) is 0 Å². The molecule has 0 spiro atoms. The number of hydrogen-bond donors (Lipinski definition) is 4. The first-order valence-corrected chi connectivity index (χ1v) is 9.49. The third-order valence-corrected chi connectivity index (χ3v) is 4.38. The Bertz CT molecular complexity index is 787. The van der Waals surface area contributed by atoms with E-state index >= 15 is 0 Å². The molecule has 2 aromatic carbocycles. The molecule has 156 valence electrons. The molecule has 8 heteroatoms. The number of rotatable bonds is 9. The van der Waals surface area contributed by atoms with E-state index in [-0.39, 0.29) is 38.2 Å². The zero-order valence-electron chi connectivity index (χ0n) is 16.8. The molecule has 3 amide bonds. The van der Waals surface area contributed by atoms with Crippen LogP contribution in [0.4, 0.5) is 21.9 Å². The number of urea groups is 1. The Balaban J connectivity index is 2.07. The summed E-state index contributed by atoms with van der Waals surface area (Å²) in [5.41, 5.74) is 3.00. The average molecular weight is 400 g/mol. The van der Waals surface area contributed by atoms with Crippen molar-refractivity contribution in [2.24, 2.45) is 0 Å². The molecule has 29 heavy (non-hydrogen) atoms. The van der Waals surface area contributed by atoms with E-state index in [1.807, 2.05) is 55.3 Å². The molecule has 2 rings (SSSR count). The zero-order chi connectivity index (χ0) is 21.2. The van der Waals surface area contributed by atoms with Crippen LogP contribution in [0, 0.1) is 0 Å². The van der Waals surface area contributed by atoms with Gasteiger partial charge in [-0.25, -0.2) is 4.79 Å². The van der Waals surface area contributed by atoms with Crippen molar-refractivity contribution in [1.29, 1.82) is 0 Å². The van der Waals surface area contributed by atoms with E-state index in [1.165, 1.54) is 4.90 Å². The second kappa shape index (κ2) is 11.0. The van der Waals surface area contributed by atoms with Crippen molar-refractivity contribution in [2.45, 2.75) is 6.92 Å². The Hall–Kier alpha value is -3.10. The molecular formula is C21H28N4O4. The van der Waals surface area contributed by atoms with Gasteiger partial charge in [0.15, 0.2) is 0 Å². The van der Waals surface area contributed by atoms with Crippen LogP contribution >= 0.6 is 0 Å². The van der Waals surface area contributed by atoms with Gasteiger partial charge in [0.2, 0.25) is 0 Å². The minimum Gasteiger partial charge on any atom is -0.395 e. The monoisotopic (exact) mass is 400 g/mol. The van der Waals surface area contributed by atoms with Crippen molar-refractivity contribution < 1.29 is 19.8 Å². The summed E-state index contributed by atoms with van der Waals surface area (Å²) in [6.45, 7) is 2.46. The second-order valence-corrected chi connectivity index (χ2v) is 6.38. The maximum absolute atomic E-state index is 12.5. The molecule has 0 fully saturated rings. The number of amides is 3. The summed E-state index contributed by atoms with van der Waals surface area (Å²) >= 11 is 0. The maximum Gasteiger partial charge on any atom is 0.319 e. The van der Waals surface area contributed by atoms with E-state index in [4.69, 9.17) is 10.2 Å². The highest BCUT2D eigenvalue weighted by Crippen LogP contribution is 2.25. The highest BCUT2D eigenvalue weighted by molar-refractivity contribution is 5.94. The number of aliphatic hydroxyl groups is 2. The Kier molecular flexibility index (Phi) is 8.45. The van der Waals surface area contributed by atoms with Crippen LogP contribution in [0.15, 0.2) is 48.5 Å². The van der Waals surface area contributed by atoms with Crippen LogP contribution < -0.4 is 15.5 Å². The van der Waals surface area contributed by atoms with Gasteiger partial charge in [-0.1, -0.05) is 0 Å². The van der Waals surface area contributed by atoms with Gasteiger partial charge in [-0.2, -0.15) is 0 Å². The SMILES string of the molecule is CCNC(=O)Nc1ccc(N(C)c2ccc(C(=O)N(CCO)CCO)cc2)cc1. The molecule has 0 unspecified atom stereocenters. The molecule has 0 saturated carbocycles. The fourth-order valence-electron chi connectivity index (χ4n) is 2.82. The predicted molar refractivity (Wildman–Crippen MR) is 114 cm³/mol. The van der Waals surface area contributed by atoms with Crippen LogP contribution in [-0.2, 0) is 0 Å².